The maximum absolute atomic E-state index is 13.0. The number of pyridine rings is 1. The van der Waals surface area contributed by atoms with Crippen molar-refractivity contribution in [2.24, 2.45) is 7.05 Å². The molecule has 1 aliphatic heterocycles. The van der Waals surface area contributed by atoms with Gasteiger partial charge in [-0.1, -0.05) is 13.8 Å². The second-order valence-electron chi connectivity index (χ2n) is 7.27. The molecule has 3 aromatic rings. The first-order valence-corrected chi connectivity index (χ1v) is 10.9. The summed E-state index contributed by atoms with van der Waals surface area (Å²) in [5.74, 6) is 0.849. The van der Waals surface area contributed by atoms with Gasteiger partial charge in [0.25, 0.3) is 0 Å². The van der Waals surface area contributed by atoms with Gasteiger partial charge in [0.15, 0.2) is 20.7 Å². The monoisotopic (exact) mass is 427 g/mol. The van der Waals surface area contributed by atoms with E-state index < -0.39 is 21.7 Å². The first-order valence-electron chi connectivity index (χ1n) is 9.27. The molecular weight excluding hydrogens is 407 g/mol. The predicted molar refractivity (Wildman–Crippen MR) is 100 cm³/mol. The number of imidazole rings is 2. The molecule has 3 aromatic heterocycles. The lowest BCUT2D eigenvalue weighted by atomic mass is 10.0. The van der Waals surface area contributed by atoms with Crippen molar-refractivity contribution < 1.29 is 21.6 Å². The zero-order chi connectivity index (χ0) is 21.1. The van der Waals surface area contributed by atoms with Gasteiger partial charge in [0, 0.05) is 19.5 Å². The van der Waals surface area contributed by atoms with Crippen molar-refractivity contribution in [2.45, 2.75) is 50.4 Å². The molecule has 0 bridgehead atoms. The smallest absolute Gasteiger partial charge is 0.324 e. The highest BCUT2D eigenvalue weighted by atomic mass is 32.2. The maximum atomic E-state index is 13.0. The summed E-state index contributed by atoms with van der Waals surface area (Å²) in [6.45, 7) is 4.07. The zero-order valence-corrected chi connectivity index (χ0v) is 17.0. The van der Waals surface area contributed by atoms with Crippen LogP contribution in [-0.2, 0) is 29.6 Å². The minimum atomic E-state index is -4.59. The number of nitrogens with zero attached hydrogens (tertiary/aromatic N) is 5. The first-order chi connectivity index (χ1) is 13.5. The quantitative estimate of drug-likeness (QED) is 0.639. The molecule has 156 valence electrons. The second kappa shape index (κ2) is 6.54. The number of hydrogen-bond acceptors (Lipinski definition) is 5. The van der Waals surface area contributed by atoms with E-state index in [4.69, 9.17) is 0 Å². The van der Waals surface area contributed by atoms with Crippen molar-refractivity contribution in [1.29, 1.82) is 0 Å². The Labute approximate surface area is 165 Å². The van der Waals surface area contributed by atoms with Crippen molar-refractivity contribution in [3.8, 4) is 11.5 Å². The van der Waals surface area contributed by atoms with E-state index in [-0.39, 0.29) is 33.7 Å². The topological polar surface area (TPSA) is 82.7 Å². The first kappa shape index (κ1) is 19.9. The Bertz CT molecular complexity index is 1210. The van der Waals surface area contributed by atoms with Gasteiger partial charge < -0.3 is 9.13 Å². The van der Waals surface area contributed by atoms with E-state index >= 15 is 0 Å². The number of aryl methyl sites for hydroxylation is 1. The normalized spacial score (nSPS) is 17.7. The number of rotatable bonds is 3. The standard InChI is InChI=1S/C18H20F3N5O2S/c1-4-29(27,28)17-14(24-15-10(2)6-5-7-26(15)17)16-23-11-8-13(18(19,20)21)22-9-12(11)25(16)3/h8-10H,4-7H2,1-3H3. The summed E-state index contributed by atoms with van der Waals surface area (Å²) in [6.07, 6.45) is -1.77. The summed E-state index contributed by atoms with van der Waals surface area (Å²) in [6, 6.07) is 0.867. The van der Waals surface area contributed by atoms with Crippen LogP contribution in [0.2, 0.25) is 0 Å². The van der Waals surface area contributed by atoms with Gasteiger partial charge in [-0.15, -0.1) is 0 Å². The molecular formula is C18H20F3N5O2S. The molecule has 0 amide bonds. The summed E-state index contributed by atoms with van der Waals surface area (Å²) in [7, 11) is -2.02. The Morgan fingerprint density at radius 2 is 2.00 bits per heavy atom. The van der Waals surface area contributed by atoms with Gasteiger partial charge in [-0.3, -0.25) is 0 Å². The highest BCUT2D eigenvalue weighted by molar-refractivity contribution is 7.91. The third-order valence-electron chi connectivity index (χ3n) is 5.35. The SMILES string of the molecule is CCS(=O)(=O)c1c(-c2nc3cc(C(F)(F)F)ncc3n2C)nc2n1CCCC2C. The van der Waals surface area contributed by atoms with Crippen LogP contribution in [-0.4, -0.2) is 38.3 Å². The van der Waals surface area contributed by atoms with Crippen LogP contribution in [0.15, 0.2) is 17.3 Å². The molecule has 0 fully saturated rings. The molecule has 0 spiro atoms. The molecule has 0 saturated heterocycles. The van der Waals surface area contributed by atoms with Gasteiger partial charge in [0.1, 0.15) is 17.2 Å². The second-order valence-corrected chi connectivity index (χ2v) is 9.47. The van der Waals surface area contributed by atoms with Crippen LogP contribution >= 0.6 is 0 Å². The summed E-state index contributed by atoms with van der Waals surface area (Å²) in [5, 5.41) is 0.0870. The average Bonchev–Trinajstić information content (AvgIpc) is 3.20. The van der Waals surface area contributed by atoms with Crippen LogP contribution in [0.5, 0.6) is 0 Å². The van der Waals surface area contributed by atoms with Crippen molar-refractivity contribution in [3.05, 3.63) is 23.8 Å². The number of fused-ring (bicyclic) bond motifs is 2. The van der Waals surface area contributed by atoms with E-state index in [2.05, 4.69) is 15.0 Å². The Morgan fingerprint density at radius 1 is 1.28 bits per heavy atom. The molecule has 29 heavy (non-hydrogen) atoms. The minimum absolute atomic E-state index is 0.0801. The maximum Gasteiger partial charge on any atom is 0.433 e. The largest absolute Gasteiger partial charge is 0.433 e. The highest BCUT2D eigenvalue weighted by Gasteiger charge is 2.35. The minimum Gasteiger partial charge on any atom is -0.324 e. The van der Waals surface area contributed by atoms with Crippen LogP contribution in [0.4, 0.5) is 13.2 Å². The number of alkyl halides is 3. The number of aromatic nitrogens is 5. The van der Waals surface area contributed by atoms with Crippen LogP contribution in [0, 0.1) is 0 Å². The summed E-state index contributed by atoms with van der Waals surface area (Å²) < 4.78 is 68.1. The molecule has 0 aliphatic carbocycles. The average molecular weight is 427 g/mol. The van der Waals surface area contributed by atoms with Crippen LogP contribution in [0.3, 0.4) is 0 Å². The third kappa shape index (κ3) is 3.11. The summed E-state index contributed by atoms with van der Waals surface area (Å²) >= 11 is 0. The Morgan fingerprint density at radius 3 is 2.66 bits per heavy atom. The molecule has 1 atom stereocenters. The lowest BCUT2D eigenvalue weighted by Gasteiger charge is -2.21. The van der Waals surface area contributed by atoms with E-state index in [1.165, 1.54) is 4.57 Å². The van der Waals surface area contributed by atoms with Crippen LogP contribution in [0.1, 0.15) is 44.1 Å². The predicted octanol–water partition coefficient (Wildman–Crippen LogP) is 3.54. The number of sulfone groups is 1. The zero-order valence-electron chi connectivity index (χ0n) is 16.2. The van der Waals surface area contributed by atoms with E-state index in [1.807, 2.05) is 6.92 Å². The van der Waals surface area contributed by atoms with Gasteiger partial charge in [-0.2, -0.15) is 13.2 Å². The fraction of sp³-hybridized carbons (Fsp3) is 0.500. The van der Waals surface area contributed by atoms with Crippen molar-refractivity contribution in [3.63, 3.8) is 0 Å². The molecule has 0 radical (unpaired) electrons. The molecule has 0 N–H and O–H groups in total. The highest BCUT2D eigenvalue weighted by Crippen LogP contribution is 2.37. The fourth-order valence-electron chi connectivity index (χ4n) is 3.78. The fourth-order valence-corrected chi connectivity index (χ4v) is 5.01. The molecule has 7 nitrogen and oxygen atoms in total. The van der Waals surface area contributed by atoms with E-state index in [0.29, 0.717) is 17.9 Å². The van der Waals surface area contributed by atoms with Crippen molar-refractivity contribution in [2.75, 3.05) is 5.75 Å². The lowest BCUT2D eigenvalue weighted by Crippen LogP contribution is -2.19. The molecule has 1 unspecified atom stereocenters. The van der Waals surface area contributed by atoms with Crippen molar-refractivity contribution in [1.82, 2.24) is 24.1 Å². The van der Waals surface area contributed by atoms with Crippen LogP contribution < -0.4 is 0 Å². The van der Waals surface area contributed by atoms with E-state index in [1.54, 1.807) is 18.5 Å². The van der Waals surface area contributed by atoms with E-state index in [0.717, 1.165) is 25.1 Å². The molecule has 11 heteroatoms. The van der Waals surface area contributed by atoms with Gasteiger partial charge >= 0.3 is 6.18 Å². The molecule has 1 aliphatic rings. The molecule has 0 aromatic carbocycles. The Balaban J connectivity index is 2.00. The van der Waals surface area contributed by atoms with Crippen LogP contribution in [0.25, 0.3) is 22.6 Å². The number of hydrogen-bond donors (Lipinski definition) is 0. The Kier molecular flexibility index (Phi) is 4.48. The Hall–Kier alpha value is -2.43. The molecule has 4 rings (SSSR count). The van der Waals surface area contributed by atoms with Crippen molar-refractivity contribution >= 4 is 20.9 Å². The summed E-state index contributed by atoms with van der Waals surface area (Å²) in [5.41, 5.74) is -0.410. The van der Waals surface area contributed by atoms with Gasteiger partial charge in [-0.25, -0.2) is 23.4 Å². The number of halogens is 3. The van der Waals surface area contributed by atoms with Gasteiger partial charge in [0.2, 0.25) is 0 Å². The molecule has 4 heterocycles. The van der Waals surface area contributed by atoms with Gasteiger partial charge in [-0.05, 0) is 18.9 Å². The van der Waals surface area contributed by atoms with Gasteiger partial charge in [0.05, 0.1) is 23.0 Å². The molecule has 0 saturated carbocycles. The van der Waals surface area contributed by atoms with E-state index in [9.17, 15) is 21.6 Å². The lowest BCUT2D eigenvalue weighted by molar-refractivity contribution is -0.141. The summed E-state index contributed by atoms with van der Waals surface area (Å²) in [4.78, 5) is 12.4. The third-order valence-corrected chi connectivity index (χ3v) is 7.12.